The van der Waals surface area contributed by atoms with Crippen molar-refractivity contribution < 1.29 is 9.47 Å². The van der Waals surface area contributed by atoms with Crippen LogP contribution in [-0.2, 0) is 9.47 Å². The van der Waals surface area contributed by atoms with E-state index in [9.17, 15) is 0 Å². The van der Waals surface area contributed by atoms with E-state index >= 15 is 0 Å². The Labute approximate surface area is 99.9 Å². The molecule has 1 aliphatic heterocycles. The minimum Gasteiger partial charge on any atom is -0.383 e. The van der Waals surface area contributed by atoms with Crippen LogP contribution in [0.4, 0.5) is 0 Å². The fourth-order valence-corrected chi connectivity index (χ4v) is 2.28. The zero-order valence-corrected chi connectivity index (χ0v) is 11.0. The molecule has 0 bridgehead atoms. The second kappa shape index (κ2) is 8.04. The van der Waals surface area contributed by atoms with Gasteiger partial charge in [-0.15, -0.1) is 0 Å². The molecule has 0 radical (unpaired) electrons. The smallest absolute Gasteiger partial charge is 0.0615 e. The van der Waals surface area contributed by atoms with E-state index in [0.29, 0.717) is 18.2 Å². The lowest BCUT2D eigenvalue weighted by molar-refractivity contribution is 0.0983. The summed E-state index contributed by atoms with van der Waals surface area (Å²) in [6.45, 7) is 6.23. The molecule has 1 heterocycles. The van der Waals surface area contributed by atoms with E-state index in [2.05, 4.69) is 19.2 Å². The SMILES string of the molecule is CCC(COC)NC(C)CCC1CCCO1. The second-order valence-electron chi connectivity index (χ2n) is 4.84. The zero-order chi connectivity index (χ0) is 11.8. The van der Waals surface area contributed by atoms with Gasteiger partial charge >= 0.3 is 0 Å². The van der Waals surface area contributed by atoms with E-state index in [-0.39, 0.29) is 0 Å². The lowest BCUT2D eigenvalue weighted by Crippen LogP contribution is -2.39. The molecule has 1 rings (SSSR count). The first-order valence-corrected chi connectivity index (χ1v) is 6.62. The summed E-state index contributed by atoms with van der Waals surface area (Å²) in [4.78, 5) is 0. The Morgan fingerprint density at radius 1 is 1.50 bits per heavy atom. The van der Waals surface area contributed by atoms with Crippen LogP contribution < -0.4 is 5.32 Å². The molecule has 1 saturated heterocycles. The first kappa shape index (κ1) is 13.9. The Bertz CT molecular complexity index is 169. The molecule has 1 N–H and O–H groups in total. The molecule has 96 valence electrons. The number of hydrogen-bond acceptors (Lipinski definition) is 3. The Hall–Kier alpha value is -0.120. The molecule has 1 fully saturated rings. The number of nitrogens with one attached hydrogen (secondary N) is 1. The Kier molecular flexibility index (Phi) is 7.01. The average Bonchev–Trinajstić information content (AvgIpc) is 2.78. The largest absolute Gasteiger partial charge is 0.383 e. The van der Waals surface area contributed by atoms with Crippen LogP contribution in [-0.4, -0.2) is 38.5 Å². The molecular formula is C13H27NO2. The van der Waals surface area contributed by atoms with Crippen LogP contribution in [0.2, 0.25) is 0 Å². The van der Waals surface area contributed by atoms with Gasteiger partial charge in [-0.05, 0) is 39.0 Å². The molecule has 3 heteroatoms. The quantitative estimate of drug-likeness (QED) is 0.693. The lowest BCUT2D eigenvalue weighted by Gasteiger charge is -2.22. The van der Waals surface area contributed by atoms with Crippen molar-refractivity contribution >= 4 is 0 Å². The molecule has 0 aromatic carbocycles. The van der Waals surface area contributed by atoms with E-state index in [1.54, 1.807) is 7.11 Å². The van der Waals surface area contributed by atoms with Crippen LogP contribution in [0, 0.1) is 0 Å². The number of methoxy groups -OCH3 is 1. The van der Waals surface area contributed by atoms with E-state index in [1.807, 2.05) is 0 Å². The minimum atomic E-state index is 0.490. The van der Waals surface area contributed by atoms with Crippen LogP contribution >= 0.6 is 0 Å². The average molecular weight is 229 g/mol. The molecule has 16 heavy (non-hydrogen) atoms. The van der Waals surface area contributed by atoms with Crippen molar-refractivity contribution in [2.75, 3.05) is 20.3 Å². The summed E-state index contributed by atoms with van der Waals surface area (Å²) < 4.78 is 10.8. The predicted octanol–water partition coefficient (Wildman–Crippen LogP) is 2.35. The number of ether oxygens (including phenoxy) is 2. The molecule has 0 aromatic heterocycles. The Morgan fingerprint density at radius 3 is 2.88 bits per heavy atom. The van der Waals surface area contributed by atoms with Crippen molar-refractivity contribution in [2.45, 2.75) is 64.1 Å². The summed E-state index contributed by atoms with van der Waals surface area (Å²) in [6, 6.07) is 1.05. The van der Waals surface area contributed by atoms with Crippen LogP contribution in [0.25, 0.3) is 0 Å². The maximum absolute atomic E-state index is 5.63. The third-order valence-electron chi connectivity index (χ3n) is 3.33. The van der Waals surface area contributed by atoms with Crippen LogP contribution in [0.1, 0.15) is 46.0 Å². The first-order valence-electron chi connectivity index (χ1n) is 6.62. The van der Waals surface area contributed by atoms with Gasteiger partial charge in [0.1, 0.15) is 0 Å². The fourth-order valence-electron chi connectivity index (χ4n) is 2.28. The third-order valence-corrected chi connectivity index (χ3v) is 3.33. The van der Waals surface area contributed by atoms with Crippen molar-refractivity contribution in [3.8, 4) is 0 Å². The molecule has 0 aliphatic carbocycles. The minimum absolute atomic E-state index is 0.490. The maximum Gasteiger partial charge on any atom is 0.0615 e. The summed E-state index contributed by atoms with van der Waals surface area (Å²) >= 11 is 0. The van der Waals surface area contributed by atoms with Crippen molar-refractivity contribution in [3.05, 3.63) is 0 Å². The zero-order valence-electron chi connectivity index (χ0n) is 11.0. The van der Waals surface area contributed by atoms with Gasteiger partial charge in [0.2, 0.25) is 0 Å². The molecule has 1 aliphatic rings. The maximum atomic E-state index is 5.63. The van der Waals surface area contributed by atoms with Gasteiger partial charge in [0.15, 0.2) is 0 Å². The van der Waals surface area contributed by atoms with E-state index in [0.717, 1.165) is 19.6 Å². The fraction of sp³-hybridized carbons (Fsp3) is 1.00. The van der Waals surface area contributed by atoms with Gasteiger partial charge in [-0.2, -0.15) is 0 Å². The van der Waals surface area contributed by atoms with Crippen LogP contribution in [0.5, 0.6) is 0 Å². The highest BCUT2D eigenvalue weighted by Gasteiger charge is 2.17. The normalized spacial score (nSPS) is 24.6. The second-order valence-corrected chi connectivity index (χ2v) is 4.84. The number of rotatable bonds is 8. The van der Waals surface area contributed by atoms with Crippen LogP contribution in [0.3, 0.4) is 0 Å². The monoisotopic (exact) mass is 229 g/mol. The van der Waals surface area contributed by atoms with Gasteiger partial charge < -0.3 is 14.8 Å². The lowest BCUT2D eigenvalue weighted by atomic mass is 10.1. The summed E-state index contributed by atoms with van der Waals surface area (Å²) in [5.74, 6) is 0. The van der Waals surface area contributed by atoms with Gasteiger partial charge in [-0.1, -0.05) is 6.92 Å². The van der Waals surface area contributed by atoms with E-state index < -0.39 is 0 Å². The molecule has 0 saturated carbocycles. The summed E-state index contributed by atoms with van der Waals surface area (Å²) in [7, 11) is 1.77. The van der Waals surface area contributed by atoms with E-state index in [4.69, 9.17) is 9.47 Å². The van der Waals surface area contributed by atoms with Gasteiger partial charge in [0.25, 0.3) is 0 Å². The molecule has 0 amide bonds. The first-order chi connectivity index (χ1) is 7.76. The van der Waals surface area contributed by atoms with Crippen molar-refractivity contribution in [3.63, 3.8) is 0 Å². The highest BCUT2D eigenvalue weighted by atomic mass is 16.5. The van der Waals surface area contributed by atoms with Gasteiger partial charge in [0.05, 0.1) is 12.7 Å². The third kappa shape index (κ3) is 5.28. The van der Waals surface area contributed by atoms with Gasteiger partial charge in [-0.3, -0.25) is 0 Å². The molecule has 3 unspecified atom stereocenters. The van der Waals surface area contributed by atoms with Gasteiger partial charge in [0, 0.05) is 25.8 Å². The van der Waals surface area contributed by atoms with Gasteiger partial charge in [-0.25, -0.2) is 0 Å². The number of hydrogen-bond donors (Lipinski definition) is 1. The topological polar surface area (TPSA) is 30.5 Å². The predicted molar refractivity (Wildman–Crippen MR) is 66.8 cm³/mol. The Balaban J connectivity index is 2.10. The molecular weight excluding hydrogens is 202 g/mol. The summed E-state index contributed by atoms with van der Waals surface area (Å²) in [5, 5.41) is 3.61. The van der Waals surface area contributed by atoms with Crippen molar-refractivity contribution in [1.82, 2.24) is 5.32 Å². The molecule has 0 spiro atoms. The summed E-state index contributed by atoms with van der Waals surface area (Å²) in [5.41, 5.74) is 0. The molecule has 3 atom stereocenters. The van der Waals surface area contributed by atoms with Crippen molar-refractivity contribution in [2.24, 2.45) is 0 Å². The van der Waals surface area contributed by atoms with E-state index in [1.165, 1.54) is 25.7 Å². The Morgan fingerprint density at radius 2 is 2.31 bits per heavy atom. The van der Waals surface area contributed by atoms with Crippen molar-refractivity contribution in [1.29, 1.82) is 0 Å². The van der Waals surface area contributed by atoms with Crippen LogP contribution in [0.15, 0.2) is 0 Å². The molecule has 3 nitrogen and oxygen atoms in total. The molecule has 0 aromatic rings. The summed E-state index contributed by atoms with van der Waals surface area (Å²) in [6.07, 6.45) is 6.53. The standard InChI is InChI=1S/C13H27NO2/c1-4-12(10-15-3)14-11(2)7-8-13-6-5-9-16-13/h11-14H,4-10H2,1-3H3. The highest BCUT2D eigenvalue weighted by Crippen LogP contribution is 2.17. The highest BCUT2D eigenvalue weighted by molar-refractivity contribution is 4.73.